The molecular formula is C13H20ClNO2. The quantitative estimate of drug-likeness (QED) is 0.732. The SMILES string of the molecule is COc1ccc(OC/C=C/CN(C)C)cc1.Cl. The first-order chi connectivity index (χ1) is 7.72. The fraction of sp³-hybridized carbons (Fsp3) is 0.385. The van der Waals surface area contributed by atoms with E-state index in [-0.39, 0.29) is 12.4 Å². The number of benzene rings is 1. The second-order valence-electron chi connectivity index (χ2n) is 3.72. The summed E-state index contributed by atoms with van der Waals surface area (Å²) in [5.74, 6) is 1.70. The number of hydrogen-bond donors (Lipinski definition) is 0. The molecule has 0 atom stereocenters. The minimum Gasteiger partial charge on any atom is -0.497 e. The highest BCUT2D eigenvalue weighted by atomic mass is 35.5. The summed E-state index contributed by atoms with van der Waals surface area (Å²) in [6, 6.07) is 7.58. The fourth-order valence-electron chi connectivity index (χ4n) is 1.17. The Kier molecular flexibility index (Phi) is 8.28. The fourth-order valence-corrected chi connectivity index (χ4v) is 1.17. The Morgan fingerprint density at radius 3 is 2.18 bits per heavy atom. The minimum atomic E-state index is 0. The van der Waals surface area contributed by atoms with Crippen LogP contribution in [-0.4, -0.2) is 39.3 Å². The predicted octanol–water partition coefficient (Wildman–Crippen LogP) is 2.61. The molecule has 0 aliphatic heterocycles. The first-order valence-corrected chi connectivity index (χ1v) is 5.29. The number of nitrogens with zero attached hydrogens (tertiary/aromatic N) is 1. The summed E-state index contributed by atoms with van der Waals surface area (Å²) in [4.78, 5) is 2.10. The van der Waals surface area contributed by atoms with Crippen molar-refractivity contribution in [3.05, 3.63) is 36.4 Å². The highest BCUT2D eigenvalue weighted by Gasteiger charge is 1.92. The lowest BCUT2D eigenvalue weighted by Crippen LogP contribution is -2.10. The van der Waals surface area contributed by atoms with Crippen molar-refractivity contribution in [1.29, 1.82) is 0 Å². The molecule has 1 aromatic carbocycles. The van der Waals surface area contributed by atoms with Gasteiger partial charge in [0.1, 0.15) is 18.1 Å². The van der Waals surface area contributed by atoms with Gasteiger partial charge in [-0.15, -0.1) is 12.4 Å². The first-order valence-electron chi connectivity index (χ1n) is 5.29. The van der Waals surface area contributed by atoms with Gasteiger partial charge in [0.25, 0.3) is 0 Å². The maximum atomic E-state index is 5.53. The number of hydrogen-bond acceptors (Lipinski definition) is 3. The van der Waals surface area contributed by atoms with E-state index >= 15 is 0 Å². The summed E-state index contributed by atoms with van der Waals surface area (Å²) in [5.41, 5.74) is 0. The Morgan fingerprint density at radius 2 is 1.65 bits per heavy atom. The van der Waals surface area contributed by atoms with E-state index in [2.05, 4.69) is 11.0 Å². The molecule has 0 saturated carbocycles. The van der Waals surface area contributed by atoms with Gasteiger partial charge in [0.05, 0.1) is 7.11 Å². The Balaban J connectivity index is 0.00000256. The van der Waals surface area contributed by atoms with Crippen LogP contribution in [0.25, 0.3) is 0 Å². The van der Waals surface area contributed by atoms with Crippen molar-refractivity contribution >= 4 is 12.4 Å². The molecule has 0 heterocycles. The van der Waals surface area contributed by atoms with Gasteiger partial charge in [0.2, 0.25) is 0 Å². The molecule has 0 bridgehead atoms. The average Bonchev–Trinajstić information content (AvgIpc) is 2.29. The Labute approximate surface area is 109 Å². The predicted molar refractivity (Wildman–Crippen MR) is 73.4 cm³/mol. The molecule has 0 amide bonds. The number of likely N-dealkylation sites (N-methyl/N-ethyl adjacent to an activating group) is 1. The topological polar surface area (TPSA) is 21.7 Å². The van der Waals surface area contributed by atoms with Gasteiger partial charge < -0.3 is 14.4 Å². The van der Waals surface area contributed by atoms with Crippen molar-refractivity contribution < 1.29 is 9.47 Å². The van der Waals surface area contributed by atoms with E-state index in [1.807, 2.05) is 44.4 Å². The molecule has 0 N–H and O–H groups in total. The monoisotopic (exact) mass is 257 g/mol. The van der Waals surface area contributed by atoms with Gasteiger partial charge in [-0.05, 0) is 38.4 Å². The van der Waals surface area contributed by atoms with E-state index in [1.165, 1.54) is 0 Å². The molecule has 0 unspecified atom stereocenters. The lowest BCUT2D eigenvalue weighted by atomic mass is 10.3. The summed E-state index contributed by atoms with van der Waals surface area (Å²) in [6.07, 6.45) is 4.10. The molecule has 4 heteroatoms. The summed E-state index contributed by atoms with van der Waals surface area (Å²) >= 11 is 0. The van der Waals surface area contributed by atoms with Gasteiger partial charge in [0.15, 0.2) is 0 Å². The second kappa shape index (κ2) is 8.90. The van der Waals surface area contributed by atoms with Crippen LogP contribution in [0, 0.1) is 0 Å². The van der Waals surface area contributed by atoms with E-state index in [4.69, 9.17) is 9.47 Å². The summed E-state index contributed by atoms with van der Waals surface area (Å²) < 4.78 is 10.6. The molecule has 0 fully saturated rings. The van der Waals surface area contributed by atoms with Crippen LogP contribution in [0.3, 0.4) is 0 Å². The molecule has 1 rings (SSSR count). The Bertz CT molecular complexity index is 323. The first kappa shape index (κ1) is 15.8. The highest BCUT2D eigenvalue weighted by Crippen LogP contribution is 2.16. The number of ether oxygens (including phenoxy) is 2. The standard InChI is InChI=1S/C13H19NO2.ClH/c1-14(2)10-4-5-11-16-13-8-6-12(15-3)7-9-13;/h4-9H,10-11H2,1-3H3;1H/b5-4+;. The smallest absolute Gasteiger partial charge is 0.120 e. The van der Waals surface area contributed by atoms with Gasteiger partial charge in [0, 0.05) is 6.54 Å². The zero-order valence-corrected chi connectivity index (χ0v) is 11.4. The third-order valence-corrected chi connectivity index (χ3v) is 2.04. The molecule has 0 aliphatic rings. The summed E-state index contributed by atoms with van der Waals surface area (Å²) in [7, 11) is 5.73. The van der Waals surface area contributed by atoms with Gasteiger partial charge in [-0.25, -0.2) is 0 Å². The Hall–Kier alpha value is -1.19. The molecule has 0 aliphatic carbocycles. The maximum Gasteiger partial charge on any atom is 0.120 e. The molecule has 96 valence electrons. The third kappa shape index (κ3) is 6.87. The zero-order valence-electron chi connectivity index (χ0n) is 10.6. The molecule has 0 saturated heterocycles. The summed E-state index contributed by atoms with van der Waals surface area (Å²) in [6.45, 7) is 1.53. The van der Waals surface area contributed by atoms with Crippen molar-refractivity contribution in [1.82, 2.24) is 4.90 Å². The van der Waals surface area contributed by atoms with Gasteiger partial charge in [-0.1, -0.05) is 12.2 Å². The highest BCUT2D eigenvalue weighted by molar-refractivity contribution is 5.85. The van der Waals surface area contributed by atoms with Crippen LogP contribution in [0.1, 0.15) is 0 Å². The average molecular weight is 258 g/mol. The van der Waals surface area contributed by atoms with Crippen LogP contribution in [-0.2, 0) is 0 Å². The van der Waals surface area contributed by atoms with Gasteiger partial charge in [-0.2, -0.15) is 0 Å². The number of rotatable bonds is 6. The minimum absolute atomic E-state index is 0. The van der Waals surface area contributed by atoms with Crippen LogP contribution < -0.4 is 9.47 Å². The molecular weight excluding hydrogens is 238 g/mol. The van der Waals surface area contributed by atoms with Crippen molar-refractivity contribution in [2.45, 2.75) is 0 Å². The van der Waals surface area contributed by atoms with E-state index in [1.54, 1.807) is 7.11 Å². The van der Waals surface area contributed by atoms with Gasteiger partial charge in [-0.3, -0.25) is 0 Å². The second-order valence-corrected chi connectivity index (χ2v) is 3.72. The normalized spacial score (nSPS) is 10.4. The molecule has 3 nitrogen and oxygen atoms in total. The van der Waals surface area contributed by atoms with Crippen molar-refractivity contribution in [3.63, 3.8) is 0 Å². The molecule has 0 spiro atoms. The van der Waals surface area contributed by atoms with E-state index in [0.29, 0.717) is 6.61 Å². The molecule has 17 heavy (non-hydrogen) atoms. The third-order valence-electron chi connectivity index (χ3n) is 2.04. The summed E-state index contributed by atoms with van der Waals surface area (Å²) in [5, 5.41) is 0. The van der Waals surface area contributed by atoms with Crippen LogP contribution >= 0.6 is 12.4 Å². The van der Waals surface area contributed by atoms with Gasteiger partial charge >= 0.3 is 0 Å². The maximum absolute atomic E-state index is 5.53. The van der Waals surface area contributed by atoms with Crippen LogP contribution in [0.5, 0.6) is 11.5 Å². The lowest BCUT2D eigenvalue weighted by Gasteiger charge is -2.05. The zero-order chi connectivity index (χ0) is 11.8. The molecule has 0 radical (unpaired) electrons. The number of methoxy groups -OCH3 is 1. The lowest BCUT2D eigenvalue weighted by molar-refractivity contribution is 0.359. The van der Waals surface area contributed by atoms with E-state index in [0.717, 1.165) is 18.0 Å². The van der Waals surface area contributed by atoms with E-state index < -0.39 is 0 Å². The largest absolute Gasteiger partial charge is 0.497 e. The van der Waals surface area contributed by atoms with E-state index in [9.17, 15) is 0 Å². The van der Waals surface area contributed by atoms with Crippen molar-refractivity contribution in [3.8, 4) is 11.5 Å². The van der Waals surface area contributed by atoms with Crippen molar-refractivity contribution in [2.24, 2.45) is 0 Å². The van der Waals surface area contributed by atoms with Crippen LogP contribution in [0.2, 0.25) is 0 Å². The van der Waals surface area contributed by atoms with Crippen LogP contribution in [0.4, 0.5) is 0 Å². The van der Waals surface area contributed by atoms with Crippen LogP contribution in [0.15, 0.2) is 36.4 Å². The molecule has 1 aromatic rings. The molecule has 0 aromatic heterocycles. The van der Waals surface area contributed by atoms with Crippen molar-refractivity contribution in [2.75, 3.05) is 34.4 Å². The Morgan fingerprint density at radius 1 is 1.06 bits per heavy atom. The number of halogens is 1.